The smallest absolute Gasteiger partial charge is 0.133 e. The van der Waals surface area contributed by atoms with E-state index in [0.29, 0.717) is 18.6 Å². The SMILES string of the molecule is C=CCCCCC(=O)CCc1ccc(OC)cc1. The van der Waals surface area contributed by atoms with Crippen molar-refractivity contribution >= 4 is 5.78 Å². The van der Waals surface area contributed by atoms with E-state index in [0.717, 1.165) is 31.4 Å². The number of Topliss-reactive ketones (excluding diaryl/α,β-unsaturated/α-hetero) is 1. The summed E-state index contributed by atoms with van der Waals surface area (Å²) in [5.74, 6) is 1.21. The molecular formula is C16H22O2. The van der Waals surface area contributed by atoms with Crippen LogP contribution in [0.5, 0.6) is 5.75 Å². The lowest BCUT2D eigenvalue weighted by molar-refractivity contribution is -0.119. The number of benzene rings is 1. The summed E-state index contributed by atoms with van der Waals surface area (Å²) in [6, 6.07) is 7.90. The van der Waals surface area contributed by atoms with Crippen molar-refractivity contribution in [2.75, 3.05) is 7.11 Å². The van der Waals surface area contributed by atoms with Crippen LogP contribution in [-0.2, 0) is 11.2 Å². The van der Waals surface area contributed by atoms with Gasteiger partial charge in [-0.05, 0) is 43.4 Å². The first-order chi connectivity index (χ1) is 8.76. The minimum absolute atomic E-state index is 0.356. The number of carbonyl (C=O) groups excluding carboxylic acids is 1. The Morgan fingerprint density at radius 2 is 1.94 bits per heavy atom. The van der Waals surface area contributed by atoms with Crippen molar-refractivity contribution in [2.45, 2.75) is 38.5 Å². The first-order valence-corrected chi connectivity index (χ1v) is 6.52. The van der Waals surface area contributed by atoms with Gasteiger partial charge >= 0.3 is 0 Å². The van der Waals surface area contributed by atoms with Crippen LogP contribution in [0.25, 0.3) is 0 Å². The van der Waals surface area contributed by atoms with Crippen LogP contribution in [0.4, 0.5) is 0 Å². The molecule has 0 aromatic heterocycles. The van der Waals surface area contributed by atoms with Gasteiger partial charge in [-0.25, -0.2) is 0 Å². The molecule has 0 unspecified atom stereocenters. The Morgan fingerprint density at radius 1 is 1.22 bits per heavy atom. The second-order valence-corrected chi connectivity index (χ2v) is 4.42. The van der Waals surface area contributed by atoms with Crippen molar-refractivity contribution in [3.8, 4) is 5.75 Å². The highest BCUT2D eigenvalue weighted by molar-refractivity contribution is 5.78. The van der Waals surface area contributed by atoms with Gasteiger partial charge in [0.25, 0.3) is 0 Å². The van der Waals surface area contributed by atoms with Gasteiger partial charge in [-0.3, -0.25) is 4.79 Å². The average molecular weight is 246 g/mol. The molecule has 98 valence electrons. The third kappa shape index (κ3) is 5.67. The van der Waals surface area contributed by atoms with E-state index in [1.807, 2.05) is 30.3 Å². The number of ketones is 1. The Hall–Kier alpha value is -1.57. The quantitative estimate of drug-likeness (QED) is 0.487. The molecule has 0 N–H and O–H groups in total. The Kier molecular flexibility index (Phi) is 6.85. The van der Waals surface area contributed by atoms with E-state index >= 15 is 0 Å². The maximum absolute atomic E-state index is 11.7. The molecule has 1 aromatic rings. The zero-order chi connectivity index (χ0) is 13.2. The molecule has 0 fully saturated rings. The van der Waals surface area contributed by atoms with Crippen molar-refractivity contribution in [2.24, 2.45) is 0 Å². The standard InChI is InChI=1S/C16H22O2/c1-3-4-5-6-7-15(17)11-8-14-9-12-16(18-2)13-10-14/h3,9-10,12-13H,1,4-8,11H2,2H3. The number of carbonyl (C=O) groups is 1. The van der Waals surface area contributed by atoms with Gasteiger partial charge in [0.1, 0.15) is 11.5 Å². The van der Waals surface area contributed by atoms with Crippen molar-refractivity contribution in [1.29, 1.82) is 0 Å². The highest BCUT2D eigenvalue weighted by Crippen LogP contribution is 2.13. The summed E-state index contributed by atoms with van der Waals surface area (Å²) in [5.41, 5.74) is 1.19. The minimum Gasteiger partial charge on any atom is -0.497 e. The summed E-state index contributed by atoms with van der Waals surface area (Å²) in [6.07, 6.45) is 7.12. The monoisotopic (exact) mass is 246 g/mol. The molecule has 0 aliphatic rings. The fourth-order valence-electron chi connectivity index (χ4n) is 1.81. The predicted molar refractivity (Wildman–Crippen MR) is 75.0 cm³/mol. The molecule has 0 saturated carbocycles. The first kappa shape index (κ1) is 14.5. The van der Waals surface area contributed by atoms with E-state index in [9.17, 15) is 4.79 Å². The largest absolute Gasteiger partial charge is 0.497 e. The number of methoxy groups -OCH3 is 1. The molecular weight excluding hydrogens is 224 g/mol. The Balaban J connectivity index is 2.22. The van der Waals surface area contributed by atoms with Gasteiger partial charge in [0.2, 0.25) is 0 Å². The van der Waals surface area contributed by atoms with Gasteiger partial charge in [-0.1, -0.05) is 18.2 Å². The molecule has 2 heteroatoms. The van der Waals surface area contributed by atoms with Gasteiger partial charge < -0.3 is 4.74 Å². The molecule has 0 amide bonds. The molecule has 0 atom stereocenters. The molecule has 0 aliphatic heterocycles. The summed E-state index contributed by atoms with van der Waals surface area (Å²) in [6.45, 7) is 3.67. The Morgan fingerprint density at radius 3 is 2.56 bits per heavy atom. The zero-order valence-corrected chi connectivity index (χ0v) is 11.2. The van der Waals surface area contributed by atoms with Crippen LogP contribution in [-0.4, -0.2) is 12.9 Å². The number of hydrogen-bond acceptors (Lipinski definition) is 2. The number of unbranched alkanes of at least 4 members (excludes halogenated alkanes) is 2. The molecule has 18 heavy (non-hydrogen) atoms. The normalized spacial score (nSPS) is 10.1. The van der Waals surface area contributed by atoms with Crippen molar-refractivity contribution in [3.63, 3.8) is 0 Å². The molecule has 0 saturated heterocycles. The second kappa shape index (κ2) is 8.51. The first-order valence-electron chi connectivity index (χ1n) is 6.52. The van der Waals surface area contributed by atoms with Crippen LogP contribution < -0.4 is 4.74 Å². The molecule has 0 spiro atoms. The van der Waals surface area contributed by atoms with Gasteiger partial charge in [0, 0.05) is 12.8 Å². The highest BCUT2D eigenvalue weighted by atomic mass is 16.5. The van der Waals surface area contributed by atoms with Gasteiger partial charge in [-0.2, -0.15) is 0 Å². The summed E-state index contributed by atoms with van der Waals surface area (Å²) >= 11 is 0. The predicted octanol–water partition coefficient (Wildman–Crippen LogP) is 3.94. The lowest BCUT2D eigenvalue weighted by Gasteiger charge is -2.03. The minimum atomic E-state index is 0.356. The van der Waals surface area contributed by atoms with Crippen molar-refractivity contribution < 1.29 is 9.53 Å². The van der Waals surface area contributed by atoms with Gasteiger partial charge in [0.05, 0.1) is 7.11 Å². The molecule has 1 rings (SSSR count). The van der Waals surface area contributed by atoms with Gasteiger partial charge in [-0.15, -0.1) is 6.58 Å². The number of ether oxygens (including phenoxy) is 1. The third-order valence-corrected chi connectivity index (χ3v) is 2.97. The van der Waals surface area contributed by atoms with E-state index in [1.54, 1.807) is 7.11 Å². The van der Waals surface area contributed by atoms with Crippen LogP contribution in [0.1, 0.15) is 37.7 Å². The lowest BCUT2D eigenvalue weighted by Crippen LogP contribution is -2.00. The number of rotatable bonds is 9. The second-order valence-electron chi connectivity index (χ2n) is 4.42. The van der Waals surface area contributed by atoms with Crippen LogP contribution in [0.15, 0.2) is 36.9 Å². The number of hydrogen-bond donors (Lipinski definition) is 0. The third-order valence-electron chi connectivity index (χ3n) is 2.97. The van der Waals surface area contributed by atoms with Crippen molar-refractivity contribution in [3.05, 3.63) is 42.5 Å². The molecule has 0 bridgehead atoms. The molecule has 0 radical (unpaired) electrons. The highest BCUT2D eigenvalue weighted by Gasteiger charge is 2.02. The zero-order valence-electron chi connectivity index (χ0n) is 11.2. The average Bonchev–Trinajstić information content (AvgIpc) is 2.42. The molecule has 0 aliphatic carbocycles. The molecule has 1 aromatic carbocycles. The fourth-order valence-corrected chi connectivity index (χ4v) is 1.81. The van der Waals surface area contributed by atoms with Crippen molar-refractivity contribution in [1.82, 2.24) is 0 Å². The van der Waals surface area contributed by atoms with E-state index < -0.39 is 0 Å². The molecule has 2 nitrogen and oxygen atoms in total. The Bertz CT molecular complexity index is 365. The summed E-state index contributed by atoms with van der Waals surface area (Å²) in [5, 5.41) is 0. The van der Waals surface area contributed by atoms with Crippen LogP contribution in [0.2, 0.25) is 0 Å². The number of allylic oxidation sites excluding steroid dienone is 1. The van der Waals surface area contributed by atoms with Crippen LogP contribution >= 0.6 is 0 Å². The maximum Gasteiger partial charge on any atom is 0.133 e. The maximum atomic E-state index is 11.7. The van der Waals surface area contributed by atoms with E-state index in [2.05, 4.69) is 6.58 Å². The summed E-state index contributed by atoms with van der Waals surface area (Å²) in [7, 11) is 1.65. The van der Waals surface area contributed by atoms with E-state index in [-0.39, 0.29) is 0 Å². The topological polar surface area (TPSA) is 26.3 Å². The molecule has 0 heterocycles. The fraction of sp³-hybridized carbons (Fsp3) is 0.438. The van der Waals surface area contributed by atoms with E-state index in [1.165, 1.54) is 5.56 Å². The Labute approximate surface area is 110 Å². The lowest BCUT2D eigenvalue weighted by atomic mass is 10.0. The van der Waals surface area contributed by atoms with Crippen LogP contribution in [0.3, 0.4) is 0 Å². The van der Waals surface area contributed by atoms with Crippen LogP contribution in [0, 0.1) is 0 Å². The van der Waals surface area contributed by atoms with Gasteiger partial charge in [0.15, 0.2) is 0 Å². The summed E-state index contributed by atoms with van der Waals surface area (Å²) < 4.78 is 5.10. The van der Waals surface area contributed by atoms with E-state index in [4.69, 9.17) is 4.74 Å². The summed E-state index contributed by atoms with van der Waals surface area (Å²) in [4.78, 5) is 11.7. The number of aryl methyl sites for hydroxylation is 1.